The van der Waals surface area contributed by atoms with Crippen LogP contribution in [0.25, 0.3) is 0 Å². The predicted octanol–water partition coefficient (Wildman–Crippen LogP) is 2.47. The Labute approximate surface area is 136 Å². The third-order valence-corrected chi connectivity index (χ3v) is 6.01. The number of pyridine rings is 1. The highest BCUT2D eigenvalue weighted by atomic mass is 79.9. The molecule has 2 heterocycles. The summed E-state index contributed by atoms with van der Waals surface area (Å²) in [7, 11) is 0. The molecule has 1 amide bonds. The van der Waals surface area contributed by atoms with Gasteiger partial charge in [-0.05, 0) is 41.1 Å². The van der Waals surface area contributed by atoms with E-state index < -0.39 is 0 Å². The molecule has 20 heavy (non-hydrogen) atoms. The summed E-state index contributed by atoms with van der Waals surface area (Å²) in [6.45, 7) is 1.34. The normalized spacial score (nSPS) is 17.8. The van der Waals surface area contributed by atoms with Crippen molar-refractivity contribution in [2.75, 3.05) is 19.3 Å². The Hall–Kier alpha value is -0.660. The van der Waals surface area contributed by atoms with Crippen LogP contribution in [0.3, 0.4) is 0 Å². The summed E-state index contributed by atoms with van der Waals surface area (Å²) in [4.78, 5) is 18.8. The van der Waals surface area contributed by atoms with Gasteiger partial charge in [0.1, 0.15) is 0 Å². The van der Waals surface area contributed by atoms with Gasteiger partial charge in [-0.3, -0.25) is 9.78 Å². The van der Waals surface area contributed by atoms with E-state index in [1.165, 1.54) is 0 Å². The number of likely N-dealkylation sites (tertiary alicyclic amines) is 1. The molecular formula is C13H16BrN3OS2. The number of halogens is 1. The summed E-state index contributed by atoms with van der Waals surface area (Å²) in [5.74, 6) is 0.0106. The molecule has 0 atom stereocenters. The van der Waals surface area contributed by atoms with Crippen LogP contribution in [0.1, 0.15) is 23.2 Å². The molecule has 1 aromatic heterocycles. The van der Waals surface area contributed by atoms with Gasteiger partial charge < -0.3 is 10.6 Å². The fourth-order valence-electron chi connectivity index (χ4n) is 2.33. The lowest BCUT2D eigenvalue weighted by Crippen LogP contribution is -2.50. The lowest BCUT2D eigenvalue weighted by atomic mass is 9.95. The highest BCUT2D eigenvalue weighted by Gasteiger charge is 2.38. The van der Waals surface area contributed by atoms with Crippen LogP contribution in [0.15, 0.2) is 22.9 Å². The van der Waals surface area contributed by atoms with Crippen LogP contribution in [0.5, 0.6) is 0 Å². The molecule has 0 radical (unpaired) electrons. The molecule has 0 aliphatic carbocycles. The molecule has 0 saturated carbocycles. The van der Waals surface area contributed by atoms with E-state index in [4.69, 9.17) is 18.0 Å². The molecule has 1 saturated heterocycles. The van der Waals surface area contributed by atoms with Crippen molar-refractivity contribution in [1.29, 1.82) is 0 Å². The van der Waals surface area contributed by atoms with E-state index in [9.17, 15) is 4.79 Å². The molecule has 1 aromatic rings. The number of aromatic nitrogens is 1. The van der Waals surface area contributed by atoms with Gasteiger partial charge in [-0.2, -0.15) is 11.8 Å². The van der Waals surface area contributed by atoms with Crippen molar-refractivity contribution >= 4 is 50.8 Å². The van der Waals surface area contributed by atoms with Gasteiger partial charge in [0.25, 0.3) is 5.91 Å². The van der Waals surface area contributed by atoms with Gasteiger partial charge in [-0.1, -0.05) is 12.2 Å². The minimum atomic E-state index is -0.165. The molecule has 2 N–H and O–H groups in total. The molecule has 1 aliphatic rings. The molecule has 0 aromatic carbocycles. The van der Waals surface area contributed by atoms with Crippen molar-refractivity contribution in [3.8, 4) is 0 Å². The quantitative estimate of drug-likeness (QED) is 0.824. The monoisotopic (exact) mass is 373 g/mol. The highest BCUT2D eigenvalue weighted by Crippen LogP contribution is 2.35. The van der Waals surface area contributed by atoms with Crippen molar-refractivity contribution in [3.63, 3.8) is 0 Å². The third kappa shape index (κ3) is 3.15. The van der Waals surface area contributed by atoms with Crippen LogP contribution in [0, 0.1) is 0 Å². The first kappa shape index (κ1) is 15.7. The lowest BCUT2D eigenvalue weighted by molar-refractivity contribution is 0.0718. The van der Waals surface area contributed by atoms with Crippen molar-refractivity contribution in [2.45, 2.75) is 17.6 Å². The fourth-order valence-corrected chi connectivity index (χ4v) is 3.94. The Bertz CT molecular complexity index is 530. The lowest BCUT2D eigenvalue weighted by Gasteiger charge is -2.40. The van der Waals surface area contributed by atoms with Crippen LogP contribution in [-0.4, -0.2) is 44.9 Å². The Kier molecular flexibility index (Phi) is 5.04. The van der Waals surface area contributed by atoms with Crippen LogP contribution < -0.4 is 5.73 Å². The van der Waals surface area contributed by atoms with Gasteiger partial charge in [-0.25, -0.2) is 0 Å². The summed E-state index contributed by atoms with van der Waals surface area (Å²) >= 11 is 10.2. The minimum Gasteiger partial charge on any atom is -0.392 e. The topological polar surface area (TPSA) is 59.2 Å². The summed E-state index contributed by atoms with van der Waals surface area (Å²) in [5, 5.41) is 0. The van der Waals surface area contributed by atoms with Crippen LogP contribution in [0.2, 0.25) is 0 Å². The standard InChI is InChI=1S/C13H16BrN3OS2/c1-20-13(12(15)19)2-4-17(5-3-13)11(18)9-6-10(14)8-16-7-9/h6-8H,2-5H2,1H3,(H2,15,19). The molecular weight excluding hydrogens is 358 g/mol. The molecule has 1 fully saturated rings. The molecule has 108 valence electrons. The molecule has 2 rings (SSSR count). The number of hydrogen-bond donors (Lipinski definition) is 1. The SMILES string of the molecule is CSC1(C(N)=S)CCN(C(=O)c2cncc(Br)c2)CC1. The van der Waals surface area contributed by atoms with E-state index in [2.05, 4.69) is 20.9 Å². The maximum atomic E-state index is 12.4. The Morgan fingerprint density at radius 1 is 1.50 bits per heavy atom. The number of rotatable bonds is 3. The van der Waals surface area contributed by atoms with E-state index >= 15 is 0 Å². The predicted molar refractivity (Wildman–Crippen MR) is 90.1 cm³/mol. The first-order valence-electron chi connectivity index (χ1n) is 6.23. The van der Waals surface area contributed by atoms with Crippen LogP contribution in [-0.2, 0) is 0 Å². The zero-order valence-corrected chi connectivity index (χ0v) is 14.4. The van der Waals surface area contributed by atoms with E-state index in [1.54, 1.807) is 30.2 Å². The van der Waals surface area contributed by atoms with Crippen LogP contribution in [0.4, 0.5) is 0 Å². The van der Waals surface area contributed by atoms with E-state index in [0.29, 0.717) is 23.6 Å². The molecule has 1 aliphatic heterocycles. The van der Waals surface area contributed by atoms with Gasteiger partial charge in [0, 0.05) is 30.0 Å². The Morgan fingerprint density at radius 2 is 2.15 bits per heavy atom. The van der Waals surface area contributed by atoms with E-state index in [-0.39, 0.29) is 10.7 Å². The number of nitrogens with zero attached hydrogens (tertiary/aromatic N) is 2. The van der Waals surface area contributed by atoms with Gasteiger partial charge in [0.05, 0.1) is 15.3 Å². The number of piperidine rings is 1. The van der Waals surface area contributed by atoms with Gasteiger partial charge in [0.2, 0.25) is 0 Å². The molecule has 0 spiro atoms. The zero-order chi connectivity index (χ0) is 14.8. The highest BCUT2D eigenvalue weighted by molar-refractivity contribution is 9.10. The van der Waals surface area contributed by atoms with Crippen molar-refractivity contribution < 1.29 is 4.79 Å². The molecule has 0 bridgehead atoms. The minimum absolute atomic E-state index is 0.0106. The largest absolute Gasteiger partial charge is 0.392 e. The Balaban J connectivity index is 2.07. The number of carbonyl (C=O) groups excluding carboxylic acids is 1. The van der Waals surface area contributed by atoms with Gasteiger partial charge in [-0.15, -0.1) is 0 Å². The van der Waals surface area contributed by atoms with Crippen molar-refractivity contribution in [2.24, 2.45) is 5.73 Å². The summed E-state index contributed by atoms with van der Waals surface area (Å²) in [5.41, 5.74) is 6.46. The molecule has 7 heteroatoms. The number of nitrogens with two attached hydrogens (primary N) is 1. The van der Waals surface area contributed by atoms with Gasteiger partial charge >= 0.3 is 0 Å². The summed E-state index contributed by atoms with van der Waals surface area (Å²) in [6.07, 6.45) is 6.89. The average molecular weight is 374 g/mol. The maximum absolute atomic E-state index is 12.4. The second-order valence-electron chi connectivity index (χ2n) is 4.75. The van der Waals surface area contributed by atoms with E-state index in [1.807, 2.05) is 11.2 Å². The third-order valence-electron chi connectivity index (χ3n) is 3.65. The number of amides is 1. The van der Waals surface area contributed by atoms with Crippen molar-refractivity contribution in [3.05, 3.63) is 28.5 Å². The number of hydrogen-bond acceptors (Lipinski definition) is 4. The first-order valence-corrected chi connectivity index (χ1v) is 8.66. The van der Waals surface area contributed by atoms with Crippen LogP contribution >= 0.6 is 39.9 Å². The molecule has 4 nitrogen and oxygen atoms in total. The number of carbonyl (C=O) groups is 1. The maximum Gasteiger partial charge on any atom is 0.255 e. The second kappa shape index (κ2) is 6.41. The Morgan fingerprint density at radius 3 is 2.65 bits per heavy atom. The number of thioether (sulfide) groups is 1. The smallest absolute Gasteiger partial charge is 0.255 e. The van der Waals surface area contributed by atoms with Crippen molar-refractivity contribution in [1.82, 2.24) is 9.88 Å². The first-order chi connectivity index (χ1) is 9.48. The average Bonchev–Trinajstić information content (AvgIpc) is 2.46. The molecule has 0 unspecified atom stereocenters. The zero-order valence-electron chi connectivity index (χ0n) is 11.1. The number of thiocarbonyl (C=S) groups is 1. The fraction of sp³-hybridized carbons (Fsp3) is 0.462. The second-order valence-corrected chi connectivity index (χ2v) is 7.29. The summed E-state index contributed by atoms with van der Waals surface area (Å²) in [6, 6.07) is 1.79. The van der Waals surface area contributed by atoms with E-state index in [0.717, 1.165) is 17.3 Å². The van der Waals surface area contributed by atoms with Gasteiger partial charge in [0.15, 0.2) is 0 Å². The summed E-state index contributed by atoms with van der Waals surface area (Å²) < 4.78 is 0.642.